The van der Waals surface area contributed by atoms with Crippen molar-refractivity contribution in [1.82, 2.24) is 10.2 Å². The summed E-state index contributed by atoms with van der Waals surface area (Å²) in [6.45, 7) is 2.15. The topological polar surface area (TPSA) is 52.6 Å². The highest BCUT2D eigenvalue weighted by molar-refractivity contribution is 5.85. The number of carbonyl (C=O) groups excluding carboxylic acids is 1. The van der Waals surface area contributed by atoms with Crippen LogP contribution in [0.4, 0.5) is 0 Å². The van der Waals surface area contributed by atoms with E-state index in [1.807, 2.05) is 4.90 Å². The second kappa shape index (κ2) is 4.26. The van der Waals surface area contributed by atoms with Gasteiger partial charge in [-0.3, -0.25) is 4.79 Å². The zero-order valence-electron chi connectivity index (χ0n) is 7.40. The van der Waals surface area contributed by atoms with Crippen LogP contribution in [0.2, 0.25) is 0 Å². The van der Waals surface area contributed by atoms with Gasteiger partial charge in [-0.15, -0.1) is 12.4 Å². The molecule has 13 heavy (non-hydrogen) atoms. The number of halogens is 1. The smallest absolute Gasteiger partial charge is 0.236 e. The fourth-order valence-electron chi connectivity index (χ4n) is 1.82. The van der Waals surface area contributed by atoms with Gasteiger partial charge in [0.15, 0.2) is 0 Å². The summed E-state index contributed by atoms with van der Waals surface area (Å²) in [5, 5.41) is 12.1. The molecule has 76 valence electrons. The number of hydrogen-bond donors (Lipinski definition) is 2. The number of aliphatic hydroxyl groups is 1. The van der Waals surface area contributed by atoms with E-state index < -0.39 is 0 Å². The highest BCUT2D eigenvalue weighted by Crippen LogP contribution is 2.25. The Balaban J connectivity index is 0.000000845. The van der Waals surface area contributed by atoms with Crippen LogP contribution in [0.5, 0.6) is 0 Å². The van der Waals surface area contributed by atoms with Crippen LogP contribution in [0.1, 0.15) is 12.8 Å². The second-order valence-electron chi connectivity index (χ2n) is 3.54. The number of piperazine rings is 1. The van der Waals surface area contributed by atoms with Crippen LogP contribution in [0.3, 0.4) is 0 Å². The molecule has 0 spiro atoms. The molecule has 0 bridgehead atoms. The number of amides is 1. The maximum Gasteiger partial charge on any atom is 0.236 e. The maximum atomic E-state index is 11.3. The van der Waals surface area contributed by atoms with Crippen molar-refractivity contribution >= 4 is 18.3 Å². The van der Waals surface area contributed by atoms with Gasteiger partial charge in [0.05, 0.1) is 12.6 Å². The van der Waals surface area contributed by atoms with Gasteiger partial charge >= 0.3 is 0 Å². The van der Waals surface area contributed by atoms with E-state index in [1.165, 1.54) is 0 Å². The third-order valence-corrected chi connectivity index (χ3v) is 2.66. The number of nitrogens with zero attached hydrogens (tertiary/aromatic N) is 1. The highest BCUT2D eigenvalue weighted by Gasteiger charge is 2.35. The monoisotopic (exact) mass is 206 g/mol. The van der Waals surface area contributed by atoms with Gasteiger partial charge in [0, 0.05) is 19.1 Å². The van der Waals surface area contributed by atoms with E-state index in [0.717, 1.165) is 25.9 Å². The van der Waals surface area contributed by atoms with Gasteiger partial charge in [-0.1, -0.05) is 0 Å². The lowest BCUT2D eigenvalue weighted by atomic mass is 9.87. The molecule has 4 nitrogen and oxygen atoms in total. The van der Waals surface area contributed by atoms with Crippen molar-refractivity contribution in [2.45, 2.75) is 25.0 Å². The maximum absolute atomic E-state index is 11.3. The van der Waals surface area contributed by atoms with Gasteiger partial charge in [0.25, 0.3) is 0 Å². The number of carbonyl (C=O) groups is 1. The molecule has 5 heteroatoms. The number of aliphatic hydroxyl groups excluding tert-OH is 1. The van der Waals surface area contributed by atoms with E-state index in [1.54, 1.807) is 0 Å². The molecule has 0 aromatic carbocycles. The minimum absolute atomic E-state index is 0. The van der Waals surface area contributed by atoms with E-state index in [9.17, 15) is 4.79 Å². The molecule has 2 fully saturated rings. The summed E-state index contributed by atoms with van der Waals surface area (Å²) in [6.07, 6.45) is 1.37. The Morgan fingerprint density at radius 3 is 2.69 bits per heavy atom. The van der Waals surface area contributed by atoms with Gasteiger partial charge in [-0.05, 0) is 12.8 Å². The summed E-state index contributed by atoms with van der Waals surface area (Å²) in [5.41, 5.74) is 0. The molecule has 0 atom stereocenters. The minimum Gasteiger partial charge on any atom is -0.393 e. The molecular weight excluding hydrogens is 192 g/mol. The standard InChI is InChI=1S/C8H14N2O2.ClH/c11-7-3-6(4-7)10-2-1-9-5-8(10)12;/h6-7,9,11H,1-5H2;1H/t6-,7-;. The van der Waals surface area contributed by atoms with Crippen LogP contribution in [0.25, 0.3) is 0 Å². The number of hydrogen-bond acceptors (Lipinski definition) is 3. The Kier molecular flexibility index (Phi) is 3.53. The predicted octanol–water partition coefficient (Wildman–Crippen LogP) is -0.637. The lowest BCUT2D eigenvalue weighted by molar-refractivity contribution is -0.138. The third-order valence-electron chi connectivity index (χ3n) is 2.66. The zero-order chi connectivity index (χ0) is 8.55. The molecule has 1 heterocycles. The number of nitrogens with one attached hydrogen (secondary N) is 1. The average Bonchev–Trinajstić information content (AvgIpc) is 2.01. The molecule has 0 aromatic rings. The lowest BCUT2D eigenvalue weighted by Gasteiger charge is -2.42. The summed E-state index contributed by atoms with van der Waals surface area (Å²) in [4.78, 5) is 13.2. The van der Waals surface area contributed by atoms with Gasteiger partial charge in [0.1, 0.15) is 0 Å². The number of rotatable bonds is 1. The largest absolute Gasteiger partial charge is 0.393 e. The van der Waals surface area contributed by atoms with Crippen LogP contribution in [0.15, 0.2) is 0 Å². The van der Waals surface area contributed by atoms with Crippen molar-refractivity contribution in [3.8, 4) is 0 Å². The van der Waals surface area contributed by atoms with Crippen LogP contribution in [0, 0.1) is 0 Å². The van der Waals surface area contributed by atoms with E-state index >= 15 is 0 Å². The molecule has 1 aliphatic carbocycles. The van der Waals surface area contributed by atoms with E-state index in [-0.39, 0.29) is 24.4 Å². The van der Waals surface area contributed by atoms with Crippen molar-refractivity contribution < 1.29 is 9.90 Å². The lowest BCUT2D eigenvalue weighted by Crippen LogP contribution is -2.57. The predicted molar refractivity (Wildman–Crippen MR) is 50.9 cm³/mol. The van der Waals surface area contributed by atoms with Crippen molar-refractivity contribution in [2.75, 3.05) is 19.6 Å². The molecule has 0 unspecified atom stereocenters. The van der Waals surface area contributed by atoms with Crippen LogP contribution in [-0.2, 0) is 4.79 Å². The summed E-state index contributed by atoms with van der Waals surface area (Å²) < 4.78 is 0. The summed E-state index contributed by atoms with van der Waals surface area (Å²) in [5.74, 6) is 0.179. The first-order valence-corrected chi connectivity index (χ1v) is 4.45. The summed E-state index contributed by atoms with van der Waals surface area (Å²) in [6, 6.07) is 0.314. The normalized spacial score (nSPS) is 33.6. The molecular formula is C8H15ClN2O2. The molecule has 2 N–H and O–H groups in total. The van der Waals surface area contributed by atoms with Gasteiger partial charge in [-0.2, -0.15) is 0 Å². The Labute approximate surface area is 83.7 Å². The average molecular weight is 207 g/mol. The summed E-state index contributed by atoms with van der Waals surface area (Å²) in [7, 11) is 0. The summed E-state index contributed by atoms with van der Waals surface area (Å²) >= 11 is 0. The quantitative estimate of drug-likeness (QED) is 0.601. The Morgan fingerprint density at radius 2 is 2.15 bits per heavy atom. The fraction of sp³-hybridized carbons (Fsp3) is 0.875. The molecule has 2 rings (SSSR count). The SMILES string of the molecule is Cl.O=C1CNCCN1[C@H]1C[C@H](O)C1. The van der Waals surface area contributed by atoms with Gasteiger partial charge in [0.2, 0.25) is 5.91 Å². The molecule has 1 aliphatic heterocycles. The van der Waals surface area contributed by atoms with Crippen LogP contribution < -0.4 is 5.32 Å². The fourth-order valence-corrected chi connectivity index (χ4v) is 1.82. The van der Waals surface area contributed by atoms with E-state index in [4.69, 9.17) is 5.11 Å². The second-order valence-corrected chi connectivity index (χ2v) is 3.54. The van der Waals surface area contributed by atoms with E-state index in [0.29, 0.717) is 12.6 Å². The zero-order valence-corrected chi connectivity index (χ0v) is 8.22. The first-order chi connectivity index (χ1) is 5.77. The molecule has 1 saturated carbocycles. The van der Waals surface area contributed by atoms with Crippen LogP contribution >= 0.6 is 12.4 Å². The Bertz CT molecular complexity index is 195. The van der Waals surface area contributed by atoms with Crippen molar-refractivity contribution in [3.05, 3.63) is 0 Å². The Morgan fingerprint density at radius 1 is 1.46 bits per heavy atom. The molecule has 1 amide bonds. The first kappa shape index (κ1) is 10.8. The van der Waals surface area contributed by atoms with Gasteiger partial charge in [-0.25, -0.2) is 0 Å². The molecule has 0 radical (unpaired) electrons. The van der Waals surface area contributed by atoms with Crippen molar-refractivity contribution in [2.24, 2.45) is 0 Å². The Hall–Kier alpha value is -0.320. The highest BCUT2D eigenvalue weighted by atomic mass is 35.5. The molecule has 0 aromatic heterocycles. The van der Waals surface area contributed by atoms with Crippen molar-refractivity contribution in [3.63, 3.8) is 0 Å². The molecule has 2 aliphatic rings. The van der Waals surface area contributed by atoms with Gasteiger partial charge < -0.3 is 15.3 Å². The van der Waals surface area contributed by atoms with Crippen molar-refractivity contribution in [1.29, 1.82) is 0 Å². The molecule has 1 saturated heterocycles. The first-order valence-electron chi connectivity index (χ1n) is 4.45. The minimum atomic E-state index is -0.169. The van der Waals surface area contributed by atoms with Crippen LogP contribution in [-0.4, -0.2) is 47.7 Å². The third kappa shape index (κ3) is 2.13. The van der Waals surface area contributed by atoms with E-state index in [2.05, 4.69) is 5.32 Å².